The van der Waals surface area contributed by atoms with E-state index in [1.54, 1.807) is 6.20 Å². The molecule has 2 aromatic rings. The molecule has 0 saturated carbocycles. The molecule has 1 aromatic carbocycles. The van der Waals surface area contributed by atoms with Crippen LogP contribution in [-0.2, 0) is 22.7 Å². The van der Waals surface area contributed by atoms with Crippen molar-refractivity contribution in [3.8, 4) is 5.75 Å². The van der Waals surface area contributed by atoms with Gasteiger partial charge in [-0.05, 0) is 48.6 Å². The van der Waals surface area contributed by atoms with Crippen LogP contribution in [0.1, 0.15) is 24.1 Å². The summed E-state index contributed by atoms with van der Waals surface area (Å²) in [6.07, 6.45) is 7.13. The van der Waals surface area contributed by atoms with E-state index in [1.165, 1.54) is 5.69 Å². The Morgan fingerprint density at radius 3 is 2.63 bits per heavy atom. The van der Waals surface area contributed by atoms with Crippen LogP contribution in [0.3, 0.4) is 0 Å². The lowest BCUT2D eigenvalue weighted by atomic mass is 9.82. The summed E-state index contributed by atoms with van der Waals surface area (Å²) in [6, 6.07) is 12.0. The Kier molecular flexibility index (Phi) is 14.7. The average Bonchev–Trinajstić information content (AvgIpc) is 2.97. The van der Waals surface area contributed by atoms with Crippen LogP contribution in [0.25, 0.3) is 0 Å². The Hall–Kier alpha value is -2.56. The summed E-state index contributed by atoms with van der Waals surface area (Å²) in [5, 5.41) is 9.74. The molecule has 0 spiro atoms. The lowest BCUT2D eigenvalue weighted by Crippen LogP contribution is -2.47. The van der Waals surface area contributed by atoms with E-state index in [9.17, 15) is 9.59 Å². The van der Waals surface area contributed by atoms with Crippen molar-refractivity contribution in [2.45, 2.75) is 25.9 Å². The van der Waals surface area contributed by atoms with E-state index >= 15 is 0 Å². The summed E-state index contributed by atoms with van der Waals surface area (Å²) in [5.41, 5.74) is 3.08. The fourth-order valence-electron chi connectivity index (χ4n) is 5.48. The summed E-state index contributed by atoms with van der Waals surface area (Å²) >= 11 is 0. The molecule has 0 unspecified atom stereocenters. The SMILES string of the molecule is Cl.Cl.Cl.O=C(C[C@@H]1CCN2C[C@@H]1/C=C/COc1ccc(N3CCNCC3)cc1CNCC2=O)NCc1ccccn1. The highest BCUT2D eigenvalue weighted by molar-refractivity contribution is 5.86. The van der Waals surface area contributed by atoms with Crippen LogP contribution in [0, 0.1) is 11.8 Å². The van der Waals surface area contributed by atoms with Crippen molar-refractivity contribution >= 4 is 54.7 Å². The summed E-state index contributed by atoms with van der Waals surface area (Å²) < 4.78 is 6.17. The number of carbonyl (C=O) groups is 2. The van der Waals surface area contributed by atoms with Gasteiger partial charge in [0.25, 0.3) is 0 Å². The van der Waals surface area contributed by atoms with Crippen molar-refractivity contribution in [2.75, 3.05) is 57.3 Å². The van der Waals surface area contributed by atoms with E-state index in [0.717, 1.165) is 49.6 Å². The van der Waals surface area contributed by atoms with Crippen molar-refractivity contribution < 1.29 is 14.3 Å². The van der Waals surface area contributed by atoms with Gasteiger partial charge in [0.1, 0.15) is 12.4 Å². The number of ether oxygens (including phenoxy) is 1. The number of piperidine rings is 1. The molecule has 0 radical (unpaired) electrons. The largest absolute Gasteiger partial charge is 0.489 e. The second-order valence-corrected chi connectivity index (χ2v) is 10.2. The zero-order valence-corrected chi connectivity index (χ0v) is 25.6. The number of amides is 2. The van der Waals surface area contributed by atoms with Gasteiger partial charge in [0.2, 0.25) is 11.8 Å². The number of nitrogens with one attached hydrogen (secondary N) is 3. The molecule has 41 heavy (non-hydrogen) atoms. The first kappa shape index (κ1) is 34.6. The molecule has 3 N–H and O–H groups in total. The summed E-state index contributed by atoms with van der Waals surface area (Å²) in [6.45, 7) is 6.93. The minimum atomic E-state index is 0. The fraction of sp³-hybridized carbons (Fsp3) is 0.483. The zero-order valence-electron chi connectivity index (χ0n) is 23.1. The van der Waals surface area contributed by atoms with Gasteiger partial charge in [0, 0.05) is 69.7 Å². The van der Waals surface area contributed by atoms with Crippen LogP contribution in [0.4, 0.5) is 5.69 Å². The van der Waals surface area contributed by atoms with Crippen molar-refractivity contribution in [3.63, 3.8) is 0 Å². The van der Waals surface area contributed by atoms with Crippen molar-refractivity contribution in [3.05, 3.63) is 66.0 Å². The number of halogens is 3. The minimum Gasteiger partial charge on any atom is -0.489 e. The molecule has 4 heterocycles. The van der Waals surface area contributed by atoms with Crippen LogP contribution in [-0.4, -0.2) is 74.1 Å². The number of piperazine rings is 1. The highest BCUT2D eigenvalue weighted by Gasteiger charge is 2.31. The van der Waals surface area contributed by atoms with Gasteiger partial charge in [-0.2, -0.15) is 0 Å². The van der Waals surface area contributed by atoms with Crippen LogP contribution < -0.4 is 25.6 Å². The summed E-state index contributed by atoms with van der Waals surface area (Å²) in [7, 11) is 0. The first-order chi connectivity index (χ1) is 18.7. The second kappa shape index (κ2) is 17.4. The van der Waals surface area contributed by atoms with Gasteiger partial charge in [-0.1, -0.05) is 18.2 Å². The van der Waals surface area contributed by atoms with Crippen LogP contribution in [0.5, 0.6) is 5.75 Å². The molecular formula is C29H41Cl3N6O3. The molecule has 2 fully saturated rings. The number of nitrogens with zero attached hydrogens (tertiary/aromatic N) is 3. The molecule has 2 bridgehead atoms. The second-order valence-electron chi connectivity index (χ2n) is 10.2. The summed E-state index contributed by atoms with van der Waals surface area (Å²) in [5.74, 6) is 1.23. The normalized spacial score (nSPS) is 21.5. The molecule has 5 rings (SSSR count). The number of anilines is 1. The Morgan fingerprint density at radius 2 is 1.85 bits per heavy atom. The van der Waals surface area contributed by atoms with E-state index in [0.29, 0.717) is 39.2 Å². The predicted molar refractivity (Wildman–Crippen MR) is 168 cm³/mol. The third kappa shape index (κ3) is 9.75. The smallest absolute Gasteiger partial charge is 0.236 e. The van der Waals surface area contributed by atoms with E-state index in [-0.39, 0.29) is 67.4 Å². The molecular weight excluding hydrogens is 587 g/mol. The quantitative estimate of drug-likeness (QED) is 0.439. The van der Waals surface area contributed by atoms with Crippen molar-refractivity contribution in [2.24, 2.45) is 11.8 Å². The maximum Gasteiger partial charge on any atom is 0.236 e. The molecule has 3 aliphatic rings. The third-order valence-corrected chi connectivity index (χ3v) is 7.64. The summed E-state index contributed by atoms with van der Waals surface area (Å²) in [4.78, 5) is 34.4. The number of fused-ring (bicyclic) bond motifs is 3. The number of hydrogen-bond acceptors (Lipinski definition) is 7. The van der Waals surface area contributed by atoms with Crippen molar-refractivity contribution in [1.29, 1.82) is 0 Å². The first-order valence-electron chi connectivity index (χ1n) is 13.7. The van der Waals surface area contributed by atoms with Gasteiger partial charge in [0.05, 0.1) is 18.8 Å². The van der Waals surface area contributed by atoms with Crippen LogP contribution in [0.2, 0.25) is 0 Å². The predicted octanol–water partition coefficient (Wildman–Crippen LogP) is 2.97. The fourth-order valence-corrected chi connectivity index (χ4v) is 5.48. The Bertz CT molecular complexity index is 1130. The number of rotatable bonds is 5. The van der Waals surface area contributed by atoms with Gasteiger partial charge in [0.15, 0.2) is 0 Å². The average molecular weight is 628 g/mol. The van der Waals surface area contributed by atoms with Gasteiger partial charge >= 0.3 is 0 Å². The molecule has 2 saturated heterocycles. The lowest BCUT2D eigenvalue weighted by molar-refractivity contribution is -0.132. The molecule has 0 aliphatic carbocycles. The molecule has 9 nitrogen and oxygen atoms in total. The molecule has 2 amide bonds. The zero-order chi connectivity index (χ0) is 26.2. The highest BCUT2D eigenvalue weighted by atomic mass is 35.5. The maximum absolute atomic E-state index is 13.0. The molecule has 226 valence electrons. The number of carbonyl (C=O) groups excluding carboxylic acids is 2. The Morgan fingerprint density at radius 1 is 1.02 bits per heavy atom. The Labute approximate surface area is 261 Å². The van der Waals surface area contributed by atoms with E-state index < -0.39 is 0 Å². The monoisotopic (exact) mass is 626 g/mol. The van der Waals surface area contributed by atoms with E-state index in [2.05, 4.69) is 44.0 Å². The van der Waals surface area contributed by atoms with E-state index in [4.69, 9.17) is 4.74 Å². The molecule has 1 aromatic heterocycles. The minimum absolute atomic E-state index is 0. The van der Waals surface area contributed by atoms with Gasteiger partial charge in [-0.3, -0.25) is 14.6 Å². The number of hydrogen-bond donors (Lipinski definition) is 3. The standard InChI is InChI=1S/C29H38N6O3.3ClH/c36-28(33-19-25-5-1-2-9-32-25)17-22-8-12-35-21-23(22)4-3-15-38-27-7-6-26(34-13-10-30-11-14-34)16-24(27)18-31-20-29(35)37;;;/h1-7,9,16,22-23,30-31H,8,10-15,17-21H2,(H,33,36);3*1H/b4-3+;;;/t22-,23-;;;/m0.../s1. The topological polar surface area (TPSA) is 98.8 Å². The Balaban J connectivity index is 0.00000196. The first-order valence-corrected chi connectivity index (χ1v) is 13.7. The molecule has 3 aliphatic heterocycles. The number of pyridine rings is 1. The number of benzene rings is 1. The van der Waals surface area contributed by atoms with Crippen molar-refractivity contribution in [1.82, 2.24) is 25.8 Å². The molecule has 2 atom stereocenters. The highest BCUT2D eigenvalue weighted by Crippen LogP contribution is 2.29. The maximum atomic E-state index is 13.0. The van der Waals surface area contributed by atoms with Gasteiger partial charge < -0.3 is 30.5 Å². The van der Waals surface area contributed by atoms with Gasteiger partial charge in [-0.15, -0.1) is 37.2 Å². The lowest BCUT2D eigenvalue weighted by Gasteiger charge is -2.37. The van der Waals surface area contributed by atoms with Crippen LogP contribution >= 0.6 is 37.2 Å². The van der Waals surface area contributed by atoms with E-state index in [1.807, 2.05) is 35.2 Å². The van der Waals surface area contributed by atoms with Gasteiger partial charge in [-0.25, -0.2) is 0 Å². The van der Waals surface area contributed by atoms with Crippen LogP contribution in [0.15, 0.2) is 54.7 Å². The third-order valence-electron chi connectivity index (χ3n) is 7.64. The number of aromatic nitrogens is 1. The molecule has 12 heteroatoms.